The first-order chi connectivity index (χ1) is 7.82. The Balaban J connectivity index is 2.22. The van der Waals surface area contributed by atoms with Crippen molar-refractivity contribution >= 4 is 42.2 Å². The van der Waals surface area contributed by atoms with Gasteiger partial charge in [-0.1, -0.05) is 49.1 Å². The topological polar surface area (TPSA) is 17.1 Å². The number of carbonyl (C=O) groups is 1. The fourth-order valence-corrected chi connectivity index (χ4v) is 4.24. The average molecular weight is 287 g/mol. The third kappa shape index (κ3) is 2.31. The van der Waals surface area contributed by atoms with E-state index in [2.05, 4.69) is 43.9 Å². The molecule has 4 heteroatoms. The lowest BCUT2D eigenvalue weighted by molar-refractivity contribution is -0.123. The van der Waals surface area contributed by atoms with Crippen LogP contribution in [0, 0.1) is 0 Å². The molecule has 1 saturated carbocycles. The standard InChI is InChI=1S/C13H16Cl2OSi/c1-17(2,3)9-6-4-8(5-7-9)10-11(14)13(16)12(10)15/h4-7,10-12H,1-3H3. The third-order valence-electron chi connectivity index (χ3n) is 3.34. The molecule has 1 nitrogen and oxygen atoms in total. The van der Waals surface area contributed by atoms with Gasteiger partial charge in [0.05, 0.1) is 8.07 Å². The molecule has 17 heavy (non-hydrogen) atoms. The summed E-state index contributed by atoms with van der Waals surface area (Å²) >= 11 is 12.0. The molecule has 0 radical (unpaired) electrons. The molecule has 0 heterocycles. The van der Waals surface area contributed by atoms with Crippen molar-refractivity contribution in [3.05, 3.63) is 29.8 Å². The third-order valence-corrected chi connectivity index (χ3v) is 6.37. The molecule has 2 atom stereocenters. The van der Waals surface area contributed by atoms with Crippen LogP contribution in [0.1, 0.15) is 11.5 Å². The van der Waals surface area contributed by atoms with Gasteiger partial charge in [0.15, 0.2) is 5.78 Å². The Hall–Kier alpha value is -0.313. The highest BCUT2D eigenvalue weighted by Gasteiger charge is 2.48. The van der Waals surface area contributed by atoms with Crippen molar-refractivity contribution < 1.29 is 4.79 Å². The van der Waals surface area contributed by atoms with E-state index in [0.29, 0.717) is 0 Å². The Kier molecular flexibility index (Phi) is 3.41. The van der Waals surface area contributed by atoms with Gasteiger partial charge in [-0.25, -0.2) is 0 Å². The smallest absolute Gasteiger partial charge is 0.169 e. The second-order valence-electron chi connectivity index (χ2n) is 5.60. The predicted molar refractivity (Wildman–Crippen MR) is 76.5 cm³/mol. The molecule has 1 aliphatic carbocycles. The van der Waals surface area contributed by atoms with Crippen molar-refractivity contribution in [1.82, 2.24) is 0 Å². The lowest BCUT2D eigenvalue weighted by atomic mass is 9.78. The number of hydrogen-bond donors (Lipinski definition) is 0. The molecule has 0 spiro atoms. The van der Waals surface area contributed by atoms with Crippen LogP contribution in [0.4, 0.5) is 0 Å². The van der Waals surface area contributed by atoms with Gasteiger partial charge in [-0.05, 0) is 5.56 Å². The van der Waals surface area contributed by atoms with Gasteiger partial charge < -0.3 is 0 Å². The number of ketones is 1. The molecule has 92 valence electrons. The molecular formula is C13H16Cl2OSi. The van der Waals surface area contributed by atoms with E-state index >= 15 is 0 Å². The van der Waals surface area contributed by atoms with Crippen LogP contribution in [0.15, 0.2) is 24.3 Å². The highest BCUT2D eigenvalue weighted by atomic mass is 35.5. The second kappa shape index (κ2) is 4.41. The first kappa shape index (κ1) is 13.1. The van der Waals surface area contributed by atoms with Gasteiger partial charge in [-0.3, -0.25) is 4.79 Å². The van der Waals surface area contributed by atoms with Crippen molar-refractivity contribution in [3.63, 3.8) is 0 Å². The molecule has 0 saturated heterocycles. The predicted octanol–water partition coefficient (Wildman–Crippen LogP) is 3.11. The Morgan fingerprint density at radius 2 is 1.47 bits per heavy atom. The Morgan fingerprint density at radius 1 is 1.00 bits per heavy atom. The minimum atomic E-state index is -1.26. The van der Waals surface area contributed by atoms with E-state index in [1.165, 1.54) is 5.19 Å². The van der Waals surface area contributed by atoms with Crippen molar-refractivity contribution in [1.29, 1.82) is 0 Å². The minimum absolute atomic E-state index is 0.0264. The Bertz CT molecular complexity index is 424. The summed E-state index contributed by atoms with van der Waals surface area (Å²) in [4.78, 5) is 11.3. The van der Waals surface area contributed by atoms with Crippen LogP contribution < -0.4 is 5.19 Å². The van der Waals surface area contributed by atoms with Gasteiger partial charge in [0.2, 0.25) is 0 Å². The van der Waals surface area contributed by atoms with E-state index in [1.807, 2.05) is 0 Å². The highest BCUT2D eigenvalue weighted by molar-refractivity contribution is 6.88. The fraction of sp³-hybridized carbons (Fsp3) is 0.462. The molecule has 2 unspecified atom stereocenters. The van der Waals surface area contributed by atoms with E-state index in [-0.39, 0.29) is 11.7 Å². The fourth-order valence-electron chi connectivity index (χ4n) is 2.08. The Labute approximate surface area is 113 Å². The summed E-state index contributed by atoms with van der Waals surface area (Å²) in [7, 11) is -1.26. The van der Waals surface area contributed by atoms with E-state index in [9.17, 15) is 4.79 Å². The zero-order valence-corrected chi connectivity index (χ0v) is 12.7. The van der Waals surface area contributed by atoms with Gasteiger partial charge in [-0.15, -0.1) is 23.2 Å². The molecule has 1 aliphatic rings. The molecule has 0 N–H and O–H groups in total. The van der Waals surface area contributed by atoms with Crippen LogP contribution in [-0.4, -0.2) is 24.6 Å². The van der Waals surface area contributed by atoms with Gasteiger partial charge >= 0.3 is 0 Å². The summed E-state index contributed by atoms with van der Waals surface area (Å²) < 4.78 is 0. The maximum absolute atomic E-state index is 11.3. The lowest BCUT2D eigenvalue weighted by Gasteiger charge is -2.36. The van der Waals surface area contributed by atoms with Crippen LogP contribution in [-0.2, 0) is 4.79 Å². The van der Waals surface area contributed by atoms with Crippen LogP contribution in [0.3, 0.4) is 0 Å². The van der Waals surface area contributed by atoms with Crippen LogP contribution >= 0.6 is 23.2 Å². The normalized spacial score (nSPS) is 29.0. The van der Waals surface area contributed by atoms with E-state index in [4.69, 9.17) is 23.2 Å². The molecule has 2 rings (SSSR count). The molecule has 0 amide bonds. The van der Waals surface area contributed by atoms with Crippen molar-refractivity contribution in [2.45, 2.75) is 36.3 Å². The number of benzene rings is 1. The molecular weight excluding hydrogens is 271 g/mol. The summed E-state index contributed by atoms with van der Waals surface area (Å²) in [5.74, 6) is -0.0749. The molecule has 1 fully saturated rings. The number of halogens is 2. The molecule has 0 aromatic heterocycles. The van der Waals surface area contributed by atoms with Gasteiger partial charge in [0.25, 0.3) is 0 Å². The monoisotopic (exact) mass is 286 g/mol. The molecule has 1 aromatic carbocycles. The molecule has 1 aromatic rings. The summed E-state index contributed by atoms with van der Waals surface area (Å²) in [5, 5.41) is 0.509. The first-order valence-electron chi connectivity index (χ1n) is 5.74. The zero-order valence-electron chi connectivity index (χ0n) is 10.2. The largest absolute Gasteiger partial charge is 0.296 e. The SMILES string of the molecule is C[Si](C)(C)c1ccc(C2C(Cl)C(=O)C2Cl)cc1. The molecule has 0 aliphatic heterocycles. The average Bonchev–Trinajstić information content (AvgIpc) is 2.28. The van der Waals surface area contributed by atoms with Crippen LogP contribution in [0.2, 0.25) is 19.6 Å². The van der Waals surface area contributed by atoms with Crippen LogP contribution in [0.25, 0.3) is 0 Å². The van der Waals surface area contributed by atoms with Crippen molar-refractivity contribution in [3.8, 4) is 0 Å². The highest BCUT2D eigenvalue weighted by Crippen LogP contribution is 2.41. The van der Waals surface area contributed by atoms with Gasteiger partial charge in [-0.2, -0.15) is 0 Å². The van der Waals surface area contributed by atoms with Crippen molar-refractivity contribution in [2.75, 3.05) is 0 Å². The van der Waals surface area contributed by atoms with E-state index in [1.54, 1.807) is 0 Å². The number of hydrogen-bond acceptors (Lipinski definition) is 1. The number of alkyl halides is 2. The number of rotatable bonds is 2. The van der Waals surface area contributed by atoms with Gasteiger partial charge in [0, 0.05) is 5.92 Å². The first-order valence-corrected chi connectivity index (χ1v) is 10.1. The van der Waals surface area contributed by atoms with Crippen LogP contribution in [0.5, 0.6) is 0 Å². The summed E-state index contributed by atoms with van der Waals surface area (Å²) in [6.45, 7) is 6.93. The maximum Gasteiger partial charge on any atom is 0.169 e. The maximum atomic E-state index is 11.3. The second-order valence-corrected chi connectivity index (χ2v) is 11.6. The Morgan fingerprint density at radius 3 is 1.88 bits per heavy atom. The van der Waals surface area contributed by atoms with Crippen molar-refractivity contribution in [2.24, 2.45) is 0 Å². The number of carbonyl (C=O) groups excluding carboxylic acids is 1. The zero-order chi connectivity index (χ0) is 12.8. The van der Waals surface area contributed by atoms with E-state index < -0.39 is 18.8 Å². The molecule has 0 bridgehead atoms. The van der Waals surface area contributed by atoms with E-state index in [0.717, 1.165) is 5.56 Å². The lowest BCUT2D eigenvalue weighted by Crippen LogP contribution is -2.48. The summed E-state index contributed by atoms with van der Waals surface area (Å²) in [5.41, 5.74) is 1.08. The van der Waals surface area contributed by atoms with Gasteiger partial charge in [0.1, 0.15) is 10.8 Å². The quantitative estimate of drug-likeness (QED) is 0.603. The number of Topliss-reactive ketones (excluding diaryl/α,β-unsaturated/α-hetero) is 1. The summed E-state index contributed by atoms with van der Waals surface area (Å²) in [6, 6.07) is 8.43. The summed E-state index contributed by atoms with van der Waals surface area (Å²) in [6.07, 6.45) is 0. The minimum Gasteiger partial charge on any atom is -0.296 e.